The third-order valence-corrected chi connectivity index (χ3v) is 2.29. The first-order valence-electron chi connectivity index (χ1n) is 5.45. The molecule has 0 aromatic heterocycles. The summed E-state index contributed by atoms with van der Waals surface area (Å²) in [6.45, 7) is 2.58. The maximum absolute atomic E-state index is 11.6. The number of benzene rings is 1. The van der Waals surface area contributed by atoms with Gasteiger partial charge >= 0.3 is 0 Å². The van der Waals surface area contributed by atoms with E-state index in [1.807, 2.05) is 49.4 Å². The van der Waals surface area contributed by atoms with Crippen LogP contribution in [0.5, 0.6) is 0 Å². The first-order valence-corrected chi connectivity index (χ1v) is 5.45. The van der Waals surface area contributed by atoms with E-state index in [2.05, 4.69) is 5.32 Å². The summed E-state index contributed by atoms with van der Waals surface area (Å²) in [5.41, 5.74) is 6.66. The van der Waals surface area contributed by atoms with E-state index in [0.717, 1.165) is 12.0 Å². The second-order valence-corrected chi connectivity index (χ2v) is 3.54. The van der Waals surface area contributed by atoms with Gasteiger partial charge in [0.1, 0.15) is 6.04 Å². The van der Waals surface area contributed by atoms with Gasteiger partial charge in [0, 0.05) is 6.54 Å². The summed E-state index contributed by atoms with van der Waals surface area (Å²) >= 11 is 0. The van der Waals surface area contributed by atoms with Gasteiger partial charge in [-0.05, 0) is 18.9 Å². The second-order valence-electron chi connectivity index (χ2n) is 3.54. The number of hydrogen-bond acceptors (Lipinski definition) is 2. The maximum atomic E-state index is 11.6. The van der Waals surface area contributed by atoms with Gasteiger partial charge in [-0.15, -0.1) is 0 Å². The molecule has 1 rings (SSSR count). The van der Waals surface area contributed by atoms with Crippen LogP contribution in [-0.4, -0.2) is 12.5 Å². The Hall–Kier alpha value is -1.61. The summed E-state index contributed by atoms with van der Waals surface area (Å²) in [7, 11) is 0. The monoisotopic (exact) mass is 218 g/mol. The quantitative estimate of drug-likeness (QED) is 0.584. The Morgan fingerprint density at radius 3 is 2.75 bits per heavy atom. The van der Waals surface area contributed by atoms with Crippen LogP contribution in [0.15, 0.2) is 42.5 Å². The molecule has 1 atom stereocenters. The van der Waals surface area contributed by atoms with E-state index < -0.39 is 6.04 Å². The third kappa shape index (κ3) is 3.87. The lowest BCUT2D eigenvalue weighted by molar-refractivity contribution is -0.122. The van der Waals surface area contributed by atoms with E-state index in [1.165, 1.54) is 0 Å². The van der Waals surface area contributed by atoms with E-state index in [4.69, 9.17) is 5.73 Å². The van der Waals surface area contributed by atoms with Crippen LogP contribution in [0.4, 0.5) is 0 Å². The Labute approximate surface area is 96.3 Å². The normalized spacial score (nSPS) is 12.6. The molecule has 1 aromatic rings. The SMILES string of the molecule is C/C=C/CCNC(=O)[C@@H](N)c1ccccc1. The van der Waals surface area contributed by atoms with Crippen molar-refractivity contribution in [2.45, 2.75) is 19.4 Å². The molecule has 0 spiro atoms. The second kappa shape index (κ2) is 6.80. The lowest BCUT2D eigenvalue weighted by atomic mass is 10.1. The summed E-state index contributed by atoms with van der Waals surface area (Å²) in [4.78, 5) is 11.6. The van der Waals surface area contributed by atoms with Crippen LogP contribution in [0, 0.1) is 0 Å². The number of rotatable bonds is 5. The van der Waals surface area contributed by atoms with E-state index in [0.29, 0.717) is 6.54 Å². The van der Waals surface area contributed by atoms with Crippen LogP contribution in [0.1, 0.15) is 24.9 Å². The van der Waals surface area contributed by atoms with Crippen LogP contribution >= 0.6 is 0 Å². The van der Waals surface area contributed by atoms with Gasteiger partial charge in [-0.1, -0.05) is 42.5 Å². The smallest absolute Gasteiger partial charge is 0.241 e. The van der Waals surface area contributed by atoms with Crippen LogP contribution in [0.2, 0.25) is 0 Å². The molecule has 1 aromatic carbocycles. The molecule has 3 N–H and O–H groups in total. The largest absolute Gasteiger partial charge is 0.354 e. The van der Waals surface area contributed by atoms with E-state index >= 15 is 0 Å². The van der Waals surface area contributed by atoms with Crippen LogP contribution in [0.3, 0.4) is 0 Å². The first-order chi connectivity index (χ1) is 7.75. The third-order valence-electron chi connectivity index (χ3n) is 2.29. The van der Waals surface area contributed by atoms with Gasteiger partial charge in [-0.2, -0.15) is 0 Å². The zero-order chi connectivity index (χ0) is 11.8. The highest BCUT2D eigenvalue weighted by atomic mass is 16.2. The fourth-order valence-corrected chi connectivity index (χ4v) is 1.37. The topological polar surface area (TPSA) is 55.1 Å². The van der Waals surface area contributed by atoms with Crippen molar-refractivity contribution < 1.29 is 4.79 Å². The summed E-state index contributed by atoms with van der Waals surface area (Å²) in [6, 6.07) is 8.80. The standard InChI is InChI=1S/C13H18N2O/c1-2-3-7-10-15-13(16)12(14)11-8-5-4-6-9-11/h2-6,8-9,12H,7,10,14H2,1H3,(H,15,16)/b3-2+/t12-/m0/s1. The van der Waals surface area contributed by atoms with Crippen molar-refractivity contribution in [1.29, 1.82) is 0 Å². The zero-order valence-electron chi connectivity index (χ0n) is 9.52. The van der Waals surface area contributed by atoms with Crippen molar-refractivity contribution in [2.24, 2.45) is 5.73 Å². The molecule has 3 heteroatoms. The van der Waals surface area contributed by atoms with Gasteiger partial charge in [-0.3, -0.25) is 4.79 Å². The Kier molecular flexibility index (Phi) is 5.29. The number of nitrogens with two attached hydrogens (primary N) is 1. The minimum absolute atomic E-state index is 0.129. The predicted molar refractivity (Wildman–Crippen MR) is 65.8 cm³/mol. The zero-order valence-corrected chi connectivity index (χ0v) is 9.52. The molecule has 0 aliphatic carbocycles. The molecular formula is C13H18N2O. The summed E-state index contributed by atoms with van der Waals surface area (Å²) in [6.07, 6.45) is 4.81. The molecule has 0 bridgehead atoms. The lowest BCUT2D eigenvalue weighted by Crippen LogP contribution is -2.34. The fraction of sp³-hybridized carbons (Fsp3) is 0.308. The van der Waals surface area contributed by atoms with E-state index in [9.17, 15) is 4.79 Å². The molecule has 0 fully saturated rings. The van der Waals surface area contributed by atoms with Crippen molar-refractivity contribution in [3.63, 3.8) is 0 Å². The van der Waals surface area contributed by atoms with Gasteiger partial charge in [0.2, 0.25) is 5.91 Å². The van der Waals surface area contributed by atoms with Crippen molar-refractivity contribution >= 4 is 5.91 Å². The fourth-order valence-electron chi connectivity index (χ4n) is 1.37. The van der Waals surface area contributed by atoms with Crippen LogP contribution in [0.25, 0.3) is 0 Å². The number of hydrogen-bond donors (Lipinski definition) is 2. The Balaban J connectivity index is 2.42. The summed E-state index contributed by atoms with van der Waals surface area (Å²) < 4.78 is 0. The van der Waals surface area contributed by atoms with Gasteiger partial charge in [0.25, 0.3) is 0 Å². The molecule has 0 saturated carbocycles. The summed E-state index contributed by atoms with van der Waals surface area (Å²) in [5.74, 6) is -0.129. The Morgan fingerprint density at radius 2 is 2.12 bits per heavy atom. The van der Waals surface area contributed by atoms with Gasteiger partial charge in [0.05, 0.1) is 0 Å². The molecule has 0 radical (unpaired) electrons. The highest BCUT2D eigenvalue weighted by Crippen LogP contribution is 2.08. The average Bonchev–Trinajstić information content (AvgIpc) is 2.34. The molecule has 0 unspecified atom stereocenters. The number of allylic oxidation sites excluding steroid dienone is 1. The highest BCUT2D eigenvalue weighted by molar-refractivity contribution is 5.82. The lowest BCUT2D eigenvalue weighted by Gasteiger charge is -2.11. The van der Waals surface area contributed by atoms with Gasteiger partial charge in [0.15, 0.2) is 0 Å². The number of carbonyl (C=O) groups is 1. The van der Waals surface area contributed by atoms with Gasteiger partial charge < -0.3 is 11.1 Å². The molecular weight excluding hydrogens is 200 g/mol. The molecule has 86 valence electrons. The Bertz CT molecular complexity index is 346. The van der Waals surface area contributed by atoms with Crippen LogP contribution < -0.4 is 11.1 Å². The predicted octanol–water partition coefficient (Wildman–Crippen LogP) is 1.77. The molecule has 3 nitrogen and oxygen atoms in total. The summed E-state index contributed by atoms with van der Waals surface area (Å²) in [5, 5.41) is 2.80. The molecule has 0 saturated heterocycles. The Morgan fingerprint density at radius 1 is 1.44 bits per heavy atom. The molecule has 16 heavy (non-hydrogen) atoms. The highest BCUT2D eigenvalue weighted by Gasteiger charge is 2.13. The van der Waals surface area contributed by atoms with E-state index in [-0.39, 0.29) is 5.91 Å². The number of amides is 1. The minimum Gasteiger partial charge on any atom is -0.354 e. The van der Waals surface area contributed by atoms with E-state index in [1.54, 1.807) is 0 Å². The number of carbonyl (C=O) groups excluding carboxylic acids is 1. The molecule has 0 aliphatic rings. The minimum atomic E-state index is -0.577. The van der Waals surface area contributed by atoms with Crippen LogP contribution in [-0.2, 0) is 4.79 Å². The van der Waals surface area contributed by atoms with Crippen molar-refractivity contribution in [2.75, 3.05) is 6.54 Å². The van der Waals surface area contributed by atoms with Crippen molar-refractivity contribution in [3.05, 3.63) is 48.0 Å². The average molecular weight is 218 g/mol. The molecule has 0 aliphatic heterocycles. The maximum Gasteiger partial charge on any atom is 0.241 e. The number of nitrogens with one attached hydrogen (secondary N) is 1. The van der Waals surface area contributed by atoms with Gasteiger partial charge in [-0.25, -0.2) is 0 Å². The molecule has 0 heterocycles. The first kappa shape index (κ1) is 12.5. The molecule has 1 amide bonds. The van der Waals surface area contributed by atoms with Crippen molar-refractivity contribution in [3.8, 4) is 0 Å². The van der Waals surface area contributed by atoms with Crippen molar-refractivity contribution in [1.82, 2.24) is 5.32 Å².